The van der Waals surface area contributed by atoms with Crippen LogP contribution >= 0.6 is 0 Å². The fraction of sp³-hybridized carbons (Fsp3) is 0.778. The van der Waals surface area contributed by atoms with Gasteiger partial charge < -0.3 is 20.1 Å². The van der Waals surface area contributed by atoms with Gasteiger partial charge in [-0.15, -0.1) is 0 Å². The third-order valence-corrected chi connectivity index (χ3v) is 1.81. The molecular formula is C9H18N2O4. The minimum absolute atomic E-state index is 0.206. The summed E-state index contributed by atoms with van der Waals surface area (Å²) in [5.74, 6) is -1.37. The molecule has 0 bridgehead atoms. The molecule has 0 spiro atoms. The van der Waals surface area contributed by atoms with Gasteiger partial charge in [0.25, 0.3) is 0 Å². The van der Waals surface area contributed by atoms with Crippen LogP contribution in [0, 0.1) is 0 Å². The zero-order valence-corrected chi connectivity index (χ0v) is 9.15. The minimum atomic E-state index is -1.08. The molecule has 0 heterocycles. The summed E-state index contributed by atoms with van der Waals surface area (Å²) in [7, 11) is 1.95. The molecule has 0 aromatic carbocycles. The number of ether oxygens (including phenoxy) is 1. The molecule has 1 amide bonds. The standard InChI is InChI=1S/C9H18N2O4/c1-3-11(2)5-4-10-8(12)6-15-7-9(13)14/h3-7H2,1-2H3,(H,10,12)(H,13,14). The van der Waals surface area contributed by atoms with Gasteiger partial charge in [0.15, 0.2) is 0 Å². The van der Waals surface area contributed by atoms with E-state index in [0.717, 1.165) is 13.1 Å². The van der Waals surface area contributed by atoms with E-state index in [1.54, 1.807) is 0 Å². The predicted octanol–water partition coefficient (Wildman–Crippen LogP) is -0.844. The van der Waals surface area contributed by atoms with E-state index in [2.05, 4.69) is 15.0 Å². The van der Waals surface area contributed by atoms with E-state index < -0.39 is 12.6 Å². The zero-order chi connectivity index (χ0) is 11.7. The molecule has 0 unspecified atom stereocenters. The Bertz CT molecular complexity index is 208. The molecule has 0 saturated heterocycles. The molecule has 0 aliphatic carbocycles. The van der Waals surface area contributed by atoms with E-state index >= 15 is 0 Å². The summed E-state index contributed by atoms with van der Waals surface area (Å²) in [6.07, 6.45) is 0. The van der Waals surface area contributed by atoms with Crippen molar-refractivity contribution in [3.8, 4) is 0 Å². The molecule has 0 saturated carbocycles. The molecule has 88 valence electrons. The summed E-state index contributed by atoms with van der Waals surface area (Å²) in [6, 6.07) is 0. The number of carbonyl (C=O) groups is 2. The lowest BCUT2D eigenvalue weighted by molar-refractivity contribution is -0.143. The van der Waals surface area contributed by atoms with Gasteiger partial charge in [-0.3, -0.25) is 4.79 Å². The average Bonchev–Trinajstić information content (AvgIpc) is 2.17. The Hall–Kier alpha value is -1.14. The fourth-order valence-electron chi connectivity index (χ4n) is 0.826. The summed E-state index contributed by atoms with van der Waals surface area (Å²) in [4.78, 5) is 23.2. The third-order valence-electron chi connectivity index (χ3n) is 1.81. The number of likely N-dealkylation sites (N-methyl/N-ethyl adjacent to an activating group) is 1. The molecule has 0 atom stereocenters. The van der Waals surface area contributed by atoms with Crippen molar-refractivity contribution < 1.29 is 19.4 Å². The second-order valence-corrected chi connectivity index (χ2v) is 3.13. The number of nitrogens with zero attached hydrogens (tertiary/aromatic N) is 1. The van der Waals surface area contributed by atoms with Crippen molar-refractivity contribution in [3.63, 3.8) is 0 Å². The molecule has 0 rings (SSSR count). The maximum atomic E-state index is 11.0. The van der Waals surface area contributed by atoms with Crippen LogP contribution in [0.25, 0.3) is 0 Å². The monoisotopic (exact) mass is 218 g/mol. The van der Waals surface area contributed by atoms with E-state index in [4.69, 9.17) is 5.11 Å². The summed E-state index contributed by atoms with van der Waals surface area (Å²) in [6.45, 7) is 3.61. The van der Waals surface area contributed by atoms with Crippen LogP contribution in [-0.2, 0) is 14.3 Å². The van der Waals surface area contributed by atoms with Crippen LogP contribution in [0.5, 0.6) is 0 Å². The van der Waals surface area contributed by atoms with Gasteiger partial charge >= 0.3 is 5.97 Å². The Morgan fingerprint density at radius 3 is 2.60 bits per heavy atom. The molecule has 6 heteroatoms. The molecule has 0 aliphatic heterocycles. The van der Waals surface area contributed by atoms with Crippen LogP contribution in [0.1, 0.15) is 6.92 Å². The SMILES string of the molecule is CCN(C)CCNC(=O)COCC(=O)O. The number of aliphatic carboxylic acids is 1. The van der Waals surface area contributed by atoms with Crippen molar-refractivity contribution in [1.82, 2.24) is 10.2 Å². The number of hydrogen-bond donors (Lipinski definition) is 2. The summed E-state index contributed by atoms with van der Waals surface area (Å²) in [5, 5.41) is 10.9. The normalized spacial score (nSPS) is 10.3. The van der Waals surface area contributed by atoms with E-state index in [-0.39, 0.29) is 12.5 Å². The minimum Gasteiger partial charge on any atom is -0.480 e. The number of amides is 1. The quantitative estimate of drug-likeness (QED) is 0.555. The van der Waals surface area contributed by atoms with E-state index in [0.29, 0.717) is 6.54 Å². The lowest BCUT2D eigenvalue weighted by atomic mass is 10.5. The van der Waals surface area contributed by atoms with Crippen LogP contribution < -0.4 is 5.32 Å². The first-order valence-corrected chi connectivity index (χ1v) is 4.81. The number of nitrogens with one attached hydrogen (secondary N) is 1. The number of rotatable bonds is 8. The molecular weight excluding hydrogens is 200 g/mol. The molecule has 0 aromatic rings. The van der Waals surface area contributed by atoms with Gasteiger partial charge in [-0.2, -0.15) is 0 Å². The maximum absolute atomic E-state index is 11.0. The Kier molecular flexibility index (Phi) is 7.57. The second kappa shape index (κ2) is 8.19. The van der Waals surface area contributed by atoms with Crippen molar-refractivity contribution in [2.24, 2.45) is 0 Å². The highest BCUT2D eigenvalue weighted by molar-refractivity contribution is 5.77. The molecule has 2 N–H and O–H groups in total. The first kappa shape index (κ1) is 13.9. The van der Waals surface area contributed by atoms with Gasteiger partial charge in [0.2, 0.25) is 5.91 Å². The lowest BCUT2D eigenvalue weighted by Gasteiger charge is -2.13. The van der Waals surface area contributed by atoms with Gasteiger partial charge in [0, 0.05) is 13.1 Å². The van der Waals surface area contributed by atoms with Crippen LogP contribution in [0.15, 0.2) is 0 Å². The van der Waals surface area contributed by atoms with Crippen molar-refractivity contribution in [1.29, 1.82) is 0 Å². The Morgan fingerprint density at radius 2 is 2.07 bits per heavy atom. The van der Waals surface area contributed by atoms with Gasteiger partial charge in [-0.25, -0.2) is 4.79 Å². The zero-order valence-electron chi connectivity index (χ0n) is 9.15. The lowest BCUT2D eigenvalue weighted by Crippen LogP contribution is -2.35. The van der Waals surface area contributed by atoms with E-state index in [1.807, 2.05) is 14.0 Å². The maximum Gasteiger partial charge on any atom is 0.329 e. The van der Waals surface area contributed by atoms with Crippen LogP contribution in [0.3, 0.4) is 0 Å². The number of hydrogen-bond acceptors (Lipinski definition) is 4. The number of carboxylic acids is 1. The highest BCUT2D eigenvalue weighted by Gasteiger charge is 2.03. The van der Waals surface area contributed by atoms with Crippen molar-refractivity contribution in [2.75, 3.05) is 39.9 Å². The largest absolute Gasteiger partial charge is 0.480 e. The first-order chi connectivity index (χ1) is 7.06. The number of carbonyl (C=O) groups excluding carboxylic acids is 1. The molecule has 0 fully saturated rings. The highest BCUT2D eigenvalue weighted by Crippen LogP contribution is 1.79. The fourth-order valence-corrected chi connectivity index (χ4v) is 0.826. The van der Waals surface area contributed by atoms with Crippen LogP contribution in [-0.4, -0.2) is 61.8 Å². The first-order valence-electron chi connectivity index (χ1n) is 4.81. The molecule has 6 nitrogen and oxygen atoms in total. The molecule has 15 heavy (non-hydrogen) atoms. The average molecular weight is 218 g/mol. The van der Waals surface area contributed by atoms with Crippen molar-refractivity contribution >= 4 is 11.9 Å². The Labute approximate surface area is 89.2 Å². The van der Waals surface area contributed by atoms with Crippen molar-refractivity contribution in [2.45, 2.75) is 6.92 Å². The second-order valence-electron chi connectivity index (χ2n) is 3.13. The van der Waals surface area contributed by atoms with E-state index in [1.165, 1.54) is 0 Å². The topological polar surface area (TPSA) is 78.9 Å². The highest BCUT2D eigenvalue weighted by atomic mass is 16.5. The Balaban J connectivity index is 3.37. The Morgan fingerprint density at radius 1 is 1.40 bits per heavy atom. The molecule has 0 radical (unpaired) electrons. The predicted molar refractivity (Wildman–Crippen MR) is 54.6 cm³/mol. The van der Waals surface area contributed by atoms with Gasteiger partial charge in [-0.05, 0) is 13.6 Å². The van der Waals surface area contributed by atoms with Gasteiger partial charge in [0.05, 0.1) is 0 Å². The summed E-state index contributed by atoms with van der Waals surface area (Å²) in [5.41, 5.74) is 0. The van der Waals surface area contributed by atoms with Crippen LogP contribution in [0.4, 0.5) is 0 Å². The summed E-state index contributed by atoms with van der Waals surface area (Å²) < 4.78 is 4.62. The van der Waals surface area contributed by atoms with Gasteiger partial charge in [-0.1, -0.05) is 6.92 Å². The number of carboxylic acid groups (broad SMARTS) is 1. The summed E-state index contributed by atoms with van der Waals surface area (Å²) >= 11 is 0. The van der Waals surface area contributed by atoms with Crippen LogP contribution in [0.2, 0.25) is 0 Å². The molecule has 0 aliphatic rings. The molecule has 0 aromatic heterocycles. The smallest absolute Gasteiger partial charge is 0.329 e. The third kappa shape index (κ3) is 9.17. The van der Waals surface area contributed by atoms with Gasteiger partial charge in [0.1, 0.15) is 13.2 Å². The van der Waals surface area contributed by atoms with E-state index in [9.17, 15) is 9.59 Å². The van der Waals surface area contributed by atoms with Crippen molar-refractivity contribution in [3.05, 3.63) is 0 Å².